The summed E-state index contributed by atoms with van der Waals surface area (Å²) in [6.07, 6.45) is 3.42. The third kappa shape index (κ3) is 6.47. The van der Waals surface area contributed by atoms with Crippen LogP contribution in [0.25, 0.3) is 0 Å². The van der Waals surface area contributed by atoms with Crippen LogP contribution in [0.3, 0.4) is 0 Å². The fourth-order valence-electron chi connectivity index (χ4n) is 1.33. The molecular weight excluding hydrogens is 190 g/mol. The van der Waals surface area contributed by atoms with Gasteiger partial charge in [0.05, 0.1) is 6.04 Å². The van der Waals surface area contributed by atoms with E-state index in [0.29, 0.717) is 6.54 Å². The summed E-state index contributed by atoms with van der Waals surface area (Å²) in [5, 5.41) is 2.94. The maximum Gasteiger partial charge on any atom is 0.237 e. The lowest BCUT2D eigenvalue weighted by Gasteiger charge is -2.23. The van der Waals surface area contributed by atoms with Gasteiger partial charge in [-0.2, -0.15) is 0 Å². The molecule has 0 heterocycles. The molecule has 1 atom stereocenters. The van der Waals surface area contributed by atoms with Crippen molar-refractivity contribution >= 4 is 5.91 Å². The molecule has 0 aliphatic rings. The largest absolute Gasteiger partial charge is 0.355 e. The highest BCUT2D eigenvalue weighted by atomic mass is 16.2. The molecule has 0 saturated heterocycles. The van der Waals surface area contributed by atoms with Crippen molar-refractivity contribution < 1.29 is 4.79 Å². The highest BCUT2D eigenvalue weighted by molar-refractivity contribution is 5.81. The third-order valence-corrected chi connectivity index (χ3v) is 2.60. The van der Waals surface area contributed by atoms with E-state index in [0.717, 1.165) is 19.5 Å². The predicted molar refractivity (Wildman–Crippen MR) is 63.7 cm³/mol. The number of hydrogen-bond donors (Lipinski definition) is 2. The van der Waals surface area contributed by atoms with Crippen LogP contribution < -0.4 is 11.1 Å². The molecule has 0 aromatic rings. The van der Waals surface area contributed by atoms with E-state index < -0.39 is 0 Å². The number of rotatable bonds is 8. The number of amides is 1. The highest BCUT2D eigenvalue weighted by Crippen LogP contribution is 1.96. The zero-order chi connectivity index (χ0) is 11.7. The van der Waals surface area contributed by atoms with Crippen LogP contribution in [0.5, 0.6) is 0 Å². The van der Waals surface area contributed by atoms with Crippen molar-refractivity contribution in [1.29, 1.82) is 0 Å². The minimum atomic E-state index is -0.0878. The first-order chi connectivity index (χ1) is 7.13. The number of likely N-dealkylation sites (N-methyl/N-ethyl adjacent to an activating group) is 1. The molecule has 4 heteroatoms. The van der Waals surface area contributed by atoms with Crippen LogP contribution in [-0.4, -0.2) is 43.5 Å². The summed E-state index contributed by atoms with van der Waals surface area (Å²) in [4.78, 5) is 13.6. The Labute approximate surface area is 93.2 Å². The van der Waals surface area contributed by atoms with Crippen LogP contribution in [0.4, 0.5) is 0 Å². The number of nitrogens with one attached hydrogen (secondary N) is 1. The number of unbranched alkanes of at least 4 members (excludes halogenated alkanes) is 2. The lowest BCUT2D eigenvalue weighted by atomic mass is 10.2. The van der Waals surface area contributed by atoms with Crippen molar-refractivity contribution in [2.75, 3.05) is 26.7 Å². The fraction of sp³-hybridized carbons (Fsp3) is 0.909. The Balaban J connectivity index is 3.68. The first kappa shape index (κ1) is 14.4. The zero-order valence-electron chi connectivity index (χ0n) is 10.3. The summed E-state index contributed by atoms with van der Waals surface area (Å²) >= 11 is 0. The quantitative estimate of drug-likeness (QED) is 0.582. The van der Waals surface area contributed by atoms with Crippen molar-refractivity contribution in [2.24, 2.45) is 5.73 Å². The first-order valence-corrected chi connectivity index (χ1v) is 5.81. The topological polar surface area (TPSA) is 58.4 Å². The van der Waals surface area contributed by atoms with Crippen LogP contribution in [0, 0.1) is 0 Å². The van der Waals surface area contributed by atoms with Crippen LogP contribution in [-0.2, 0) is 4.79 Å². The maximum absolute atomic E-state index is 11.6. The van der Waals surface area contributed by atoms with Gasteiger partial charge in [-0.15, -0.1) is 0 Å². The average molecular weight is 215 g/mol. The summed E-state index contributed by atoms with van der Waals surface area (Å²) in [6, 6.07) is -0.0878. The van der Waals surface area contributed by atoms with Gasteiger partial charge in [-0.05, 0) is 20.4 Å². The maximum atomic E-state index is 11.6. The number of nitrogens with zero attached hydrogens (tertiary/aromatic N) is 1. The minimum Gasteiger partial charge on any atom is -0.355 e. The van der Waals surface area contributed by atoms with Gasteiger partial charge in [-0.3, -0.25) is 9.69 Å². The summed E-state index contributed by atoms with van der Waals surface area (Å²) in [5.74, 6) is 0.0991. The smallest absolute Gasteiger partial charge is 0.237 e. The van der Waals surface area contributed by atoms with Gasteiger partial charge < -0.3 is 11.1 Å². The van der Waals surface area contributed by atoms with E-state index >= 15 is 0 Å². The molecule has 0 bridgehead atoms. The van der Waals surface area contributed by atoms with Gasteiger partial charge in [-0.25, -0.2) is 0 Å². The van der Waals surface area contributed by atoms with Gasteiger partial charge in [-0.1, -0.05) is 19.8 Å². The second-order valence-electron chi connectivity index (χ2n) is 3.94. The second-order valence-corrected chi connectivity index (χ2v) is 3.94. The minimum absolute atomic E-state index is 0.0878. The number of nitrogens with two attached hydrogens (primary N) is 1. The zero-order valence-corrected chi connectivity index (χ0v) is 10.3. The van der Waals surface area contributed by atoms with E-state index in [-0.39, 0.29) is 11.9 Å². The van der Waals surface area contributed by atoms with Crippen molar-refractivity contribution in [1.82, 2.24) is 10.2 Å². The van der Waals surface area contributed by atoms with E-state index in [1.807, 2.05) is 18.9 Å². The molecule has 15 heavy (non-hydrogen) atoms. The van der Waals surface area contributed by atoms with E-state index in [2.05, 4.69) is 12.2 Å². The molecule has 90 valence electrons. The Kier molecular flexibility index (Phi) is 8.33. The summed E-state index contributed by atoms with van der Waals surface area (Å²) in [6.45, 7) is 6.19. The monoisotopic (exact) mass is 215 g/mol. The van der Waals surface area contributed by atoms with Crippen LogP contribution in [0.2, 0.25) is 0 Å². The Morgan fingerprint density at radius 3 is 2.67 bits per heavy atom. The standard InChI is InChI=1S/C11H25N3O/c1-4-5-6-8-13-11(15)10(2)14(3)9-7-12/h10H,4-9,12H2,1-3H3,(H,13,15). The third-order valence-electron chi connectivity index (χ3n) is 2.60. The van der Waals surface area contributed by atoms with Crippen LogP contribution >= 0.6 is 0 Å². The lowest BCUT2D eigenvalue weighted by molar-refractivity contribution is -0.125. The van der Waals surface area contributed by atoms with Gasteiger partial charge in [0.2, 0.25) is 5.91 Å². The normalized spacial score (nSPS) is 12.9. The average Bonchev–Trinajstić information content (AvgIpc) is 2.23. The summed E-state index contributed by atoms with van der Waals surface area (Å²) in [5.41, 5.74) is 5.43. The molecule has 0 aliphatic heterocycles. The summed E-state index contributed by atoms with van der Waals surface area (Å²) in [7, 11) is 1.92. The van der Waals surface area contributed by atoms with Crippen molar-refractivity contribution in [3.8, 4) is 0 Å². The molecule has 0 fully saturated rings. The molecule has 0 saturated carbocycles. The number of hydrogen-bond acceptors (Lipinski definition) is 3. The SMILES string of the molecule is CCCCCNC(=O)C(C)N(C)CCN. The van der Waals surface area contributed by atoms with Crippen molar-refractivity contribution in [3.63, 3.8) is 0 Å². The lowest BCUT2D eigenvalue weighted by Crippen LogP contribution is -2.45. The molecule has 0 aliphatic carbocycles. The summed E-state index contributed by atoms with van der Waals surface area (Å²) < 4.78 is 0. The molecule has 1 amide bonds. The first-order valence-electron chi connectivity index (χ1n) is 5.81. The number of carbonyl (C=O) groups excluding carboxylic acids is 1. The Morgan fingerprint density at radius 1 is 1.47 bits per heavy atom. The molecule has 0 rings (SSSR count). The molecular formula is C11H25N3O. The van der Waals surface area contributed by atoms with Gasteiger partial charge in [0.1, 0.15) is 0 Å². The van der Waals surface area contributed by atoms with Crippen LogP contribution in [0.1, 0.15) is 33.1 Å². The van der Waals surface area contributed by atoms with E-state index in [1.54, 1.807) is 0 Å². The van der Waals surface area contributed by atoms with E-state index in [4.69, 9.17) is 5.73 Å². The highest BCUT2D eigenvalue weighted by Gasteiger charge is 2.16. The van der Waals surface area contributed by atoms with Crippen LogP contribution in [0.15, 0.2) is 0 Å². The predicted octanol–water partition coefficient (Wildman–Crippen LogP) is 0.572. The molecule has 4 nitrogen and oxygen atoms in total. The van der Waals surface area contributed by atoms with Crippen molar-refractivity contribution in [2.45, 2.75) is 39.2 Å². The fourth-order valence-corrected chi connectivity index (χ4v) is 1.33. The second kappa shape index (κ2) is 8.68. The van der Waals surface area contributed by atoms with Crippen molar-refractivity contribution in [3.05, 3.63) is 0 Å². The number of carbonyl (C=O) groups is 1. The van der Waals surface area contributed by atoms with Gasteiger partial charge in [0.15, 0.2) is 0 Å². The molecule has 0 spiro atoms. The van der Waals surface area contributed by atoms with E-state index in [1.165, 1.54) is 12.8 Å². The van der Waals surface area contributed by atoms with Gasteiger partial charge in [0, 0.05) is 19.6 Å². The Morgan fingerprint density at radius 2 is 2.13 bits per heavy atom. The molecule has 0 aromatic carbocycles. The Hall–Kier alpha value is -0.610. The molecule has 0 aromatic heterocycles. The van der Waals surface area contributed by atoms with Gasteiger partial charge >= 0.3 is 0 Å². The molecule has 0 radical (unpaired) electrons. The Bertz CT molecular complexity index is 173. The molecule has 1 unspecified atom stereocenters. The van der Waals surface area contributed by atoms with Gasteiger partial charge in [0.25, 0.3) is 0 Å². The van der Waals surface area contributed by atoms with E-state index in [9.17, 15) is 4.79 Å². The molecule has 3 N–H and O–H groups in total.